The minimum Gasteiger partial charge on any atom is -0.464 e. The van der Waals surface area contributed by atoms with Gasteiger partial charge in [0, 0.05) is 19.0 Å². The number of rotatable bonds is 5. The Balaban J connectivity index is 2.56. The van der Waals surface area contributed by atoms with Gasteiger partial charge < -0.3 is 14.8 Å². The quantitative estimate of drug-likeness (QED) is 0.800. The monoisotopic (exact) mass is 244 g/mol. The van der Waals surface area contributed by atoms with Gasteiger partial charge in [0.2, 0.25) is 0 Å². The van der Waals surface area contributed by atoms with Crippen LogP contribution in [0, 0.1) is 0 Å². The Bertz CT molecular complexity index is 363. The summed E-state index contributed by atoms with van der Waals surface area (Å²) < 4.78 is 9.83. The Kier molecular flexibility index (Phi) is 4.26. The van der Waals surface area contributed by atoms with Crippen LogP contribution in [0.3, 0.4) is 0 Å². The third kappa shape index (κ3) is 3.46. The lowest BCUT2D eigenvalue weighted by atomic mass is 10.1. The molecule has 0 fully saturated rings. The summed E-state index contributed by atoms with van der Waals surface area (Å²) in [5.41, 5.74) is 0.0575. The molecule has 0 bridgehead atoms. The van der Waals surface area contributed by atoms with Crippen LogP contribution in [0.5, 0.6) is 0 Å². The van der Waals surface area contributed by atoms with Crippen molar-refractivity contribution in [2.45, 2.75) is 19.4 Å². The molecule has 1 N–H and O–H groups in total. The van der Waals surface area contributed by atoms with Crippen LogP contribution in [-0.2, 0) is 9.47 Å². The second kappa shape index (κ2) is 5.27. The number of ether oxygens (including phenoxy) is 2. The topological polar surface area (TPSA) is 60.5 Å². The first-order valence-corrected chi connectivity index (χ1v) is 5.69. The molecule has 0 atom stereocenters. The fourth-order valence-corrected chi connectivity index (χ4v) is 1.59. The fraction of sp³-hybridized carbons (Fsp3) is 0.600. The summed E-state index contributed by atoms with van der Waals surface area (Å²) in [7, 11) is 2.99. The van der Waals surface area contributed by atoms with E-state index >= 15 is 0 Å². The average molecular weight is 244 g/mol. The number of esters is 1. The van der Waals surface area contributed by atoms with Gasteiger partial charge in [0.15, 0.2) is 10.8 Å². The van der Waals surface area contributed by atoms with Gasteiger partial charge in [0.1, 0.15) is 0 Å². The maximum absolute atomic E-state index is 11.2. The minimum absolute atomic E-state index is 0.267. The van der Waals surface area contributed by atoms with Crippen LogP contribution < -0.4 is 5.32 Å². The highest BCUT2D eigenvalue weighted by atomic mass is 32.1. The number of thiazole rings is 1. The Hall–Kier alpha value is -1.14. The van der Waals surface area contributed by atoms with Crippen molar-refractivity contribution in [1.82, 2.24) is 4.98 Å². The molecular weight excluding hydrogens is 228 g/mol. The van der Waals surface area contributed by atoms with Crippen LogP contribution in [0.25, 0.3) is 0 Å². The highest BCUT2D eigenvalue weighted by Gasteiger charge is 2.17. The van der Waals surface area contributed by atoms with E-state index in [1.807, 2.05) is 13.8 Å². The summed E-state index contributed by atoms with van der Waals surface area (Å²) >= 11 is 1.37. The van der Waals surface area contributed by atoms with Crippen LogP contribution in [0.1, 0.15) is 24.3 Å². The molecule has 0 radical (unpaired) electrons. The van der Waals surface area contributed by atoms with Gasteiger partial charge in [-0.1, -0.05) is 0 Å². The minimum atomic E-state index is -0.421. The molecule has 0 unspecified atom stereocenters. The maximum atomic E-state index is 11.2. The van der Waals surface area contributed by atoms with Crippen molar-refractivity contribution in [3.63, 3.8) is 0 Å². The largest absolute Gasteiger partial charge is 0.464 e. The van der Waals surface area contributed by atoms with Gasteiger partial charge in [-0.15, -0.1) is 11.3 Å². The van der Waals surface area contributed by atoms with E-state index in [9.17, 15) is 4.79 Å². The Morgan fingerprint density at radius 2 is 2.25 bits per heavy atom. The highest BCUT2D eigenvalue weighted by molar-refractivity contribution is 7.13. The zero-order valence-electron chi connectivity index (χ0n) is 9.86. The third-order valence-corrected chi connectivity index (χ3v) is 2.92. The first-order valence-electron chi connectivity index (χ1n) is 4.81. The molecule has 1 aromatic heterocycles. The summed E-state index contributed by atoms with van der Waals surface area (Å²) in [5, 5.41) is 5.46. The fourth-order valence-electron chi connectivity index (χ4n) is 0.914. The van der Waals surface area contributed by atoms with E-state index in [0.717, 1.165) is 0 Å². The normalized spacial score (nSPS) is 11.2. The van der Waals surface area contributed by atoms with Gasteiger partial charge in [-0.2, -0.15) is 0 Å². The van der Waals surface area contributed by atoms with Crippen molar-refractivity contribution in [3.05, 3.63) is 11.1 Å². The molecule has 0 aromatic carbocycles. The molecule has 0 spiro atoms. The van der Waals surface area contributed by atoms with Gasteiger partial charge >= 0.3 is 5.97 Å². The van der Waals surface area contributed by atoms with Crippen LogP contribution in [0.4, 0.5) is 5.13 Å². The molecule has 0 aliphatic heterocycles. The van der Waals surface area contributed by atoms with Crippen LogP contribution in [0.15, 0.2) is 5.38 Å². The molecule has 0 aliphatic carbocycles. The van der Waals surface area contributed by atoms with Gasteiger partial charge in [-0.3, -0.25) is 0 Å². The number of nitrogens with zero attached hydrogens (tertiary/aromatic N) is 1. The number of carbonyl (C=O) groups is 1. The Morgan fingerprint density at radius 1 is 1.56 bits per heavy atom. The Labute approximate surface area is 98.8 Å². The number of nitrogens with one attached hydrogen (secondary N) is 1. The predicted octanol–water partition coefficient (Wildman–Crippen LogP) is 1.77. The van der Waals surface area contributed by atoms with E-state index in [2.05, 4.69) is 15.0 Å². The lowest BCUT2D eigenvalue weighted by Crippen LogP contribution is -2.32. The lowest BCUT2D eigenvalue weighted by molar-refractivity contribution is 0.0344. The molecule has 90 valence electrons. The van der Waals surface area contributed by atoms with E-state index in [4.69, 9.17) is 4.74 Å². The molecule has 6 heteroatoms. The summed E-state index contributed by atoms with van der Waals surface area (Å²) in [5.74, 6) is -0.421. The smallest absolute Gasteiger partial charge is 0.357 e. The molecule has 0 saturated carbocycles. The number of anilines is 1. The van der Waals surface area contributed by atoms with Crippen LogP contribution in [-0.4, -0.2) is 37.3 Å². The summed E-state index contributed by atoms with van der Waals surface area (Å²) in [6.45, 7) is 4.56. The molecular formula is C10H16N2O3S. The second-order valence-electron chi connectivity index (χ2n) is 3.85. The molecule has 5 nitrogen and oxygen atoms in total. The molecule has 0 amide bonds. The van der Waals surface area contributed by atoms with Gasteiger partial charge in [-0.05, 0) is 13.8 Å². The summed E-state index contributed by atoms with van der Waals surface area (Å²) in [6.07, 6.45) is 0. The third-order valence-electron chi connectivity index (χ3n) is 2.12. The molecule has 0 aliphatic rings. The van der Waals surface area contributed by atoms with Crippen molar-refractivity contribution < 1.29 is 14.3 Å². The lowest BCUT2D eigenvalue weighted by Gasteiger charge is -2.22. The van der Waals surface area contributed by atoms with Crippen molar-refractivity contribution in [3.8, 4) is 0 Å². The molecule has 1 heterocycles. The van der Waals surface area contributed by atoms with Crippen molar-refractivity contribution >= 4 is 22.4 Å². The van der Waals surface area contributed by atoms with E-state index in [1.54, 1.807) is 12.5 Å². The van der Waals surface area contributed by atoms with E-state index < -0.39 is 5.97 Å². The molecule has 16 heavy (non-hydrogen) atoms. The predicted molar refractivity (Wildman–Crippen MR) is 63.0 cm³/mol. The van der Waals surface area contributed by atoms with E-state index in [-0.39, 0.29) is 5.60 Å². The number of carbonyl (C=O) groups excluding carboxylic acids is 1. The zero-order chi connectivity index (χ0) is 12.2. The zero-order valence-corrected chi connectivity index (χ0v) is 10.7. The van der Waals surface area contributed by atoms with Crippen LogP contribution >= 0.6 is 11.3 Å². The second-order valence-corrected chi connectivity index (χ2v) is 4.70. The molecule has 1 aromatic rings. The summed E-state index contributed by atoms with van der Waals surface area (Å²) in [6, 6.07) is 0. The summed E-state index contributed by atoms with van der Waals surface area (Å²) in [4.78, 5) is 15.2. The van der Waals surface area contributed by atoms with Crippen molar-refractivity contribution in [2.24, 2.45) is 0 Å². The number of hydrogen-bond acceptors (Lipinski definition) is 6. The highest BCUT2D eigenvalue weighted by Crippen LogP contribution is 2.17. The first-order chi connectivity index (χ1) is 7.48. The van der Waals surface area contributed by atoms with Gasteiger partial charge in [0.05, 0.1) is 12.7 Å². The number of methoxy groups -OCH3 is 2. The number of hydrogen-bond donors (Lipinski definition) is 1. The van der Waals surface area contributed by atoms with Gasteiger partial charge in [-0.25, -0.2) is 9.78 Å². The molecule has 0 saturated heterocycles. The standard InChI is InChI=1S/C10H16N2O3S/c1-10(2,15-4)6-11-9-12-7(5-16-9)8(13)14-3/h5H,6H2,1-4H3,(H,11,12). The SMILES string of the molecule is COC(=O)c1csc(NCC(C)(C)OC)n1. The average Bonchev–Trinajstić information content (AvgIpc) is 2.74. The van der Waals surface area contributed by atoms with Crippen molar-refractivity contribution in [2.75, 3.05) is 26.1 Å². The number of aromatic nitrogens is 1. The van der Waals surface area contributed by atoms with Crippen LogP contribution in [0.2, 0.25) is 0 Å². The van der Waals surface area contributed by atoms with E-state index in [1.165, 1.54) is 18.4 Å². The van der Waals surface area contributed by atoms with Gasteiger partial charge in [0.25, 0.3) is 0 Å². The molecule has 1 rings (SSSR count). The first kappa shape index (κ1) is 12.9. The van der Waals surface area contributed by atoms with Crippen molar-refractivity contribution in [1.29, 1.82) is 0 Å². The maximum Gasteiger partial charge on any atom is 0.357 e. The Morgan fingerprint density at radius 3 is 2.81 bits per heavy atom. The van der Waals surface area contributed by atoms with E-state index in [0.29, 0.717) is 17.4 Å².